The van der Waals surface area contributed by atoms with Crippen molar-refractivity contribution in [1.29, 1.82) is 5.26 Å². The Morgan fingerprint density at radius 2 is 1.54 bits per heavy atom. The third-order valence-corrected chi connectivity index (χ3v) is 8.51. The maximum absolute atomic E-state index is 13.3. The van der Waals surface area contributed by atoms with E-state index in [2.05, 4.69) is 28.1 Å². The SMILES string of the molecule is N#Cc1ccc(CN2CCC(N3C=C(C(=O)N4CCN(C(=O)C5CCCCC5)CC4)C=CC3)CC2)cc1. The van der Waals surface area contributed by atoms with E-state index in [1.165, 1.54) is 24.8 Å². The molecule has 0 N–H and O–H groups in total. The third kappa shape index (κ3) is 6.24. The van der Waals surface area contributed by atoms with E-state index in [1.54, 1.807) is 0 Å². The van der Waals surface area contributed by atoms with Gasteiger partial charge in [-0.05, 0) is 43.4 Å². The maximum Gasteiger partial charge on any atom is 0.255 e. The third-order valence-electron chi connectivity index (χ3n) is 8.51. The molecule has 0 aromatic heterocycles. The molecule has 0 atom stereocenters. The number of amides is 2. The molecule has 3 heterocycles. The smallest absolute Gasteiger partial charge is 0.255 e. The van der Waals surface area contributed by atoms with E-state index in [-0.39, 0.29) is 11.8 Å². The van der Waals surface area contributed by atoms with Crippen molar-refractivity contribution in [3.05, 3.63) is 59.3 Å². The zero-order valence-corrected chi connectivity index (χ0v) is 21.9. The Kier molecular flexibility index (Phi) is 8.25. The molecule has 0 unspecified atom stereocenters. The van der Waals surface area contributed by atoms with E-state index in [0.29, 0.717) is 43.7 Å². The Balaban J connectivity index is 1.10. The van der Waals surface area contributed by atoms with Gasteiger partial charge in [0.1, 0.15) is 0 Å². The van der Waals surface area contributed by atoms with E-state index in [0.717, 1.165) is 57.4 Å². The van der Waals surface area contributed by atoms with Gasteiger partial charge in [0.2, 0.25) is 5.91 Å². The van der Waals surface area contributed by atoms with E-state index in [1.807, 2.05) is 40.1 Å². The Bertz CT molecular complexity index is 1050. The van der Waals surface area contributed by atoms with Crippen LogP contribution in [0.1, 0.15) is 56.1 Å². The average Bonchev–Trinajstić information content (AvgIpc) is 2.98. The summed E-state index contributed by atoms with van der Waals surface area (Å²) in [5.41, 5.74) is 2.71. The first-order valence-corrected chi connectivity index (χ1v) is 14.0. The van der Waals surface area contributed by atoms with Crippen LogP contribution in [0, 0.1) is 17.2 Å². The maximum atomic E-state index is 13.3. The minimum Gasteiger partial charge on any atom is -0.370 e. The summed E-state index contributed by atoms with van der Waals surface area (Å²) >= 11 is 0. The molecule has 5 rings (SSSR count). The molecule has 1 aliphatic carbocycles. The molecule has 1 saturated carbocycles. The molecule has 3 aliphatic heterocycles. The molecule has 0 bridgehead atoms. The number of carbonyl (C=O) groups excluding carboxylic acids is 2. The van der Waals surface area contributed by atoms with Gasteiger partial charge in [0, 0.05) is 70.5 Å². The topological polar surface area (TPSA) is 70.9 Å². The van der Waals surface area contributed by atoms with Gasteiger partial charge in [0.05, 0.1) is 17.2 Å². The molecule has 2 saturated heterocycles. The highest BCUT2D eigenvalue weighted by Gasteiger charge is 2.31. The van der Waals surface area contributed by atoms with Crippen LogP contribution in [0.2, 0.25) is 0 Å². The van der Waals surface area contributed by atoms with Crippen LogP contribution in [-0.2, 0) is 16.1 Å². The van der Waals surface area contributed by atoms with Crippen LogP contribution in [-0.4, -0.2) is 83.3 Å². The molecule has 2 amide bonds. The normalized spacial score (nSPS) is 22.0. The van der Waals surface area contributed by atoms with Crippen molar-refractivity contribution in [2.75, 3.05) is 45.8 Å². The molecule has 7 heteroatoms. The number of nitrogens with zero attached hydrogens (tertiary/aromatic N) is 5. The predicted molar refractivity (Wildman–Crippen MR) is 143 cm³/mol. The van der Waals surface area contributed by atoms with Gasteiger partial charge in [-0.15, -0.1) is 0 Å². The van der Waals surface area contributed by atoms with Crippen LogP contribution < -0.4 is 0 Å². The summed E-state index contributed by atoms with van der Waals surface area (Å²) in [5.74, 6) is 0.591. The first kappa shape index (κ1) is 25.5. The average molecular weight is 502 g/mol. The second kappa shape index (κ2) is 12.0. The van der Waals surface area contributed by atoms with Gasteiger partial charge >= 0.3 is 0 Å². The zero-order chi connectivity index (χ0) is 25.6. The predicted octanol–water partition coefficient (Wildman–Crippen LogP) is 3.53. The number of rotatable bonds is 5. The van der Waals surface area contributed by atoms with Crippen LogP contribution in [0.3, 0.4) is 0 Å². The Morgan fingerprint density at radius 3 is 2.22 bits per heavy atom. The lowest BCUT2D eigenvalue weighted by Crippen LogP contribution is -2.52. The van der Waals surface area contributed by atoms with Crippen LogP contribution in [0.25, 0.3) is 0 Å². The fraction of sp³-hybridized carbons (Fsp3) is 0.567. The largest absolute Gasteiger partial charge is 0.370 e. The standard InChI is InChI=1S/C30H39N5O2/c31-21-24-8-10-25(11-9-24)22-32-15-12-28(13-16-32)35-14-4-7-27(23-35)30(37)34-19-17-33(18-20-34)29(36)26-5-2-1-3-6-26/h4,7-11,23,26,28H,1-3,5-6,12-20,22H2. The minimum atomic E-state index is 0.0870. The molecule has 7 nitrogen and oxygen atoms in total. The Labute approximate surface area is 221 Å². The summed E-state index contributed by atoms with van der Waals surface area (Å²) in [5, 5.41) is 8.99. The molecule has 0 radical (unpaired) electrons. The van der Waals surface area contributed by atoms with Crippen LogP contribution in [0.15, 0.2) is 48.2 Å². The molecular formula is C30H39N5O2. The zero-order valence-electron chi connectivity index (χ0n) is 21.9. The van der Waals surface area contributed by atoms with Crippen molar-refractivity contribution in [2.45, 2.75) is 57.5 Å². The van der Waals surface area contributed by atoms with Crippen molar-refractivity contribution in [1.82, 2.24) is 19.6 Å². The lowest BCUT2D eigenvalue weighted by Gasteiger charge is -2.40. The molecule has 3 fully saturated rings. The molecule has 0 spiro atoms. The van der Waals surface area contributed by atoms with E-state index < -0.39 is 0 Å². The van der Waals surface area contributed by atoms with Gasteiger partial charge < -0.3 is 14.7 Å². The minimum absolute atomic E-state index is 0.0870. The fourth-order valence-corrected chi connectivity index (χ4v) is 6.23. The number of piperidine rings is 1. The molecular weight excluding hydrogens is 462 g/mol. The lowest BCUT2D eigenvalue weighted by molar-refractivity contribution is -0.141. The number of carbonyl (C=O) groups is 2. The summed E-state index contributed by atoms with van der Waals surface area (Å²) in [4.78, 5) is 34.9. The highest BCUT2D eigenvalue weighted by Crippen LogP contribution is 2.26. The quantitative estimate of drug-likeness (QED) is 0.617. The Morgan fingerprint density at radius 1 is 0.865 bits per heavy atom. The van der Waals surface area contributed by atoms with Crippen molar-refractivity contribution in [3.63, 3.8) is 0 Å². The van der Waals surface area contributed by atoms with Gasteiger partial charge in [0.15, 0.2) is 0 Å². The van der Waals surface area contributed by atoms with Crippen molar-refractivity contribution >= 4 is 11.8 Å². The summed E-state index contributed by atoms with van der Waals surface area (Å²) in [6, 6.07) is 10.5. The highest BCUT2D eigenvalue weighted by atomic mass is 16.2. The molecule has 37 heavy (non-hydrogen) atoms. The van der Waals surface area contributed by atoms with Crippen molar-refractivity contribution < 1.29 is 9.59 Å². The number of hydrogen-bond acceptors (Lipinski definition) is 5. The second-order valence-electron chi connectivity index (χ2n) is 11.0. The van der Waals surface area contributed by atoms with Crippen LogP contribution in [0.5, 0.6) is 0 Å². The van der Waals surface area contributed by atoms with E-state index >= 15 is 0 Å². The molecule has 1 aromatic rings. The number of likely N-dealkylation sites (tertiary alicyclic amines) is 1. The summed E-state index contributed by atoms with van der Waals surface area (Å²) in [6.07, 6.45) is 13.9. The first-order valence-electron chi connectivity index (χ1n) is 14.0. The summed E-state index contributed by atoms with van der Waals surface area (Å²) in [7, 11) is 0. The fourth-order valence-electron chi connectivity index (χ4n) is 6.23. The number of nitriles is 1. The van der Waals surface area contributed by atoms with Gasteiger partial charge in [0.25, 0.3) is 5.91 Å². The number of benzene rings is 1. The van der Waals surface area contributed by atoms with Gasteiger partial charge in [-0.2, -0.15) is 5.26 Å². The molecule has 4 aliphatic rings. The van der Waals surface area contributed by atoms with Crippen molar-refractivity contribution in [2.24, 2.45) is 5.92 Å². The Hall–Kier alpha value is -3.11. The van der Waals surface area contributed by atoms with Crippen LogP contribution >= 0.6 is 0 Å². The molecule has 1 aromatic carbocycles. The number of hydrogen-bond donors (Lipinski definition) is 0. The van der Waals surface area contributed by atoms with Crippen LogP contribution in [0.4, 0.5) is 0 Å². The van der Waals surface area contributed by atoms with Crippen molar-refractivity contribution in [3.8, 4) is 6.07 Å². The number of piperazine rings is 1. The van der Waals surface area contributed by atoms with Gasteiger partial charge in [-0.1, -0.05) is 43.5 Å². The summed E-state index contributed by atoms with van der Waals surface area (Å²) in [6.45, 7) is 6.36. The van der Waals surface area contributed by atoms with Gasteiger partial charge in [-0.25, -0.2) is 0 Å². The van der Waals surface area contributed by atoms with E-state index in [9.17, 15) is 9.59 Å². The summed E-state index contributed by atoms with van der Waals surface area (Å²) < 4.78 is 0. The lowest BCUT2D eigenvalue weighted by atomic mass is 9.88. The monoisotopic (exact) mass is 501 g/mol. The second-order valence-corrected chi connectivity index (χ2v) is 11.0. The van der Waals surface area contributed by atoms with E-state index in [4.69, 9.17) is 5.26 Å². The first-order chi connectivity index (χ1) is 18.1. The highest BCUT2D eigenvalue weighted by molar-refractivity contribution is 5.96. The molecule has 196 valence electrons. The van der Waals surface area contributed by atoms with Gasteiger partial charge in [-0.3, -0.25) is 14.5 Å².